The zero-order valence-corrected chi connectivity index (χ0v) is 10.2. The fourth-order valence-corrected chi connectivity index (χ4v) is 1.28. The van der Waals surface area contributed by atoms with Crippen molar-refractivity contribution in [3.05, 3.63) is 24.0 Å². The van der Waals surface area contributed by atoms with E-state index in [1.54, 1.807) is 26.8 Å². The van der Waals surface area contributed by atoms with Crippen molar-refractivity contribution in [1.29, 1.82) is 0 Å². The minimum absolute atomic E-state index is 0.160. The molecule has 5 heteroatoms. The number of carbonyl (C=O) groups is 2. The van der Waals surface area contributed by atoms with Crippen molar-refractivity contribution in [3.8, 4) is 0 Å². The second-order valence-corrected chi connectivity index (χ2v) is 4.57. The summed E-state index contributed by atoms with van der Waals surface area (Å²) in [6.45, 7) is 5.28. The maximum atomic E-state index is 11.7. The number of hydrogen-bond donors (Lipinski definition) is 0. The summed E-state index contributed by atoms with van der Waals surface area (Å²) in [6.07, 6.45) is 0.902. The lowest BCUT2D eigenvalue weighted by molar-refractivity contribution is 0.0529. The zero-order valence-electron chi connectivity index (χ0n) is 9.49. The molecule has 0 saturated heterocycles. The fourth-order valence-electron chi connectivity index (χ4n) is 1.15. The molecule has 1 heterocycles. The van der Waals surface area contributed by atoms with E-state index in [1.807, 2.05) is 0 Å². The van der Waals surface area contributed by atoms with Gasteiger partial charge >= 0.3 is 6.09 Å². The van der Waals surface area contributed by atoms with Crippen LogP contribution in [-0.2, 0) is 4.74 Å². The third-order valence-corrected chi connectivity index (χ3v) is 1.99. The first-order valence-corrected chi connectivity index (χ1v) is 5.38. The minimum atomic E-state index is -0.595. The number of carbonyl (C=O) groups excluding carboxylic acids is 2. The second-order valence-electron chi connectivity index (χ2n) is 4.30. The Morgan fingerprint density at radius 1 is 1.44 bits per heavy atom. The number of Topliss-reactive ketones (excluding diaryl/α,β-unsaturated/α-hetero) is 1. The third kappa shape index (κ3) is 3.10. The van der Waals surface area contributed by atoms with E-state index in [0.29, 0.717) is 0 Å². The Kier molecular flexibility index (Phi) is 3.75. The van der Waals surface area contributed by atoms with Crippen LogP contribution in [0.5, 0.6) is 0 Å². The topological polar surface area (TPSA) is 48.3 Å². The van der Waals surface area contributed by atoms with Gasteiger partial charge in [0.2, 0.25) is 0 Å². The highest BCUT2D eigenvalue weighted by atomic mass is 35.5. The smallest absolute Gasteiger partial charge is 0.419 e. The van der Waals surface area contributed by atoms with Gasteiger partial charge in [-0.2, -0.15) is 0 Å². The zero-order chi connectivity index (χ0) is 12.3. The molecule has 0 amide bonds. The molecule has 1 aromatic heterocycles. The van der Waals surface area contributed by atoms with Gasteiger partial charge in [-0.1, -0.05) is 0 Å². The largest absolute Gasteiger partial charge is 0.443 e. The van der Waals surface area contributed by atoms with E-state index in [1.165, 1.54) is 12.3 Å². The van der Waals surface area contributed by atoms with E-state index in [2.05, 4.69) is 0 Å². The maximum Gasteiger partial charge on any atom is 0.419 e. The van der Waals surface area contributed by atoms with Crippen LogP contribution < -0.4 is 0 Å². The van der Waals surface area contributed by atoms with Crippen LogP contribution in [-0.4, -0.2) is 27.9 Å². The van der Waals surface area contributed by atoms with Crippen LogP contribution in [0.25, 0.3) is 0 Å². The predicted molar refractivity (Wildman–Crippen MR) is 61.1 cm³/mol. The van der Waals surface area contributed by atoms with Crippen molar-refractivity contribution in [1.82, 2.24) is 4.57 Å². The lowest BCUT2D eigenvalue weighted by atomic mass is 10.2. The average molecular weight is 244 g/mol. The van der Waals surface area contributed by atoms with Crippen molar-refractivity contribution >= 4 is 23.5 Å². The lowest BCUT2D eigenvalue weighted by Gasteiger charge is -2.20. The van der Waals surface area contributed by atoms with Crippen molar-refractivity contribution < 1.29 is 14.3 Å². The molecule has 0 atom stereocenters. The molecular formula is C11H14ClNO3. The Morgan fingerprint density at radius 3 is 2.56 bits per heavy atom. The summed E-state index contributed by atoms with van der Waals surface area (Å²) >= 11 is 5.44. The number of ether oxygens (including phenoxy) is 1. The SMILES string of the molecule is CC(C)(C)OC(=O)n1cccc1C(=O)CCl. The number of aromatic nitrogens is 1. The van der Waals surface area contributed by atoms with Gasteiger partial charge in [0, 0.05) is 6.20 Å². The molecule has 0 aromatic carbocycles. The molecule has 0 spiro atoms. The van der Waals surface area contributed by atoms with Gasteiger partial charge < -0.3 is 4.74 Å². The van der Waals surface area contributed by atoms with E-state index in [0.717, 1.165) is 4.57 Å². The molecule has 0 bridgehead atoms. The molecule has 0 fully saturated rings. The number of nitrogens with zero attached hydrogens (tertiary/aromatic N) is 1. The summed E-state index contributed by atoms with van der Waals surface area (Å²) in [5, 5.41) is 0. The van der Waals surface area contributed by atoms with E-state index in [-0.39, 0.29) is 17.4 Å². The third-order valence-electron chi connectivity index (χ3n) is 1.75. The Morgan fingerprint density at radius 2 is 2.06 bits per heavy atom. The Balaban J connectivity index is 2.93. The molecule has 0 aliphatic rings. The Bertz CT molecular complexity index is 404. The molecule has 0 saturated carbocycles. The quantitative estimate of drug-likeness (QED) is 0.593. The molecule has 1 rings (SSSR count). The van der Waals surface area contributed by atoms with Gasteiger partial charge in [0.15, 0.2) is 5.78 Å². The number of halogens is 1. The van der Waals surface area contributed by atoms with E-state index in [4.69, 9.17) is 16.3 Å². The molecule has 0 aliphatic heterocycles. The van der Waals surface area contributed by atoms with Crippen LogP contribution >= 0.6 is 11.6 Å². The van der Waals surface area contributed by atoms with Gasteiger partial charge in [-0.15, -0.1) is 11.6 Å². The minimum Gasteiger partial charge on any atom is -0.443 e. The molecule has 0 radical (unpaired) electrons. The van der Waals surface area contributed by atoms with Gasteiger partial charge in [0.25, 0.3) is 0 Å². The van der Waals surface area contributed by atoms with Gasteiger partial charge in [-0.25, -0.2) is 9.36 Å². The van der Waals surface area contributed by atoms with Crippen molar-refractivity contribution in [2.45, 2.75) is 26.4 Å². The van der Waals surface area contributed by atoms with Gasteiger partial charge in [-0.05, 0) is 32.9 Å². The van der Waals surface area contributed by atoms with E-state index < -0.39 is 11.7 Å². The number of alkyl halides is 1. The highest BCUT2D eigenvalue weighted by molar-refractivity contribution is 6.30. The maximum absolute atomic E-state index is 11.7. The fraction of sp³-hybridized carbons (Fsp3) is 0.455. The molecule has 1 aromatic rings. The van der Waals surface area contributed by atoms with Crippen LogP contribution in [0.3, 0.4) is 0 Å². The summed E-state index contributed by atoms with van der Waals surface area (Å²) in [6, 6.07) is 3.14. The van der Waals surface area contributed by atoms with Gasteiger partial charge in [-0.3, -0.25) is 4.79 Å². The molecule has 88 valence electrons. The molecule has 16 heavy (non-hydrogen) atoms. The molecule has 0 aliphatic carbocycles. The van der Waals surface area contributed by atoms with Crippen LogP contribution in [0.4, 0.5) is 4.79 Å². The normalized spacial score (nSPS) is 11.2. The first kappa shape index (κ1) is 12.8. The number of hydrogen-bond acceptors (Lipinski definition) is 3. The first-order chi connectivity index (χ1) is 7.35. The highest BCUT2D eigenvalue weighted by Crippen LogP contribution is 2.12. The average Bonchev–Trinajstić information content (AvgIpc) is 2.62. The van der Waals surface area contributed by atoms with Crippen LogP contribution in [0.1, 0.15) is 31.3 Å². The summed E-state index contributed by atoms with van der Waals surface area (Å²) < 4.78 is 6.31. The number of ketones is 1. The number of rotatable bonds is 2. The molecule has 0 N–H and O–H groups in total. The second kappa shape index (κ2) is 4.70. The standard InChI is InChI=1S/C11H14ClNO3/c1-11(2,3)16-10(15)13-6-4-5-8(13)9(14)7-12/h4-6H,7H2,1-3H3. The van der Waals surface area contributed by atoms with Crippen LogP contribution in [0.15, 0.2) is 18.3 Å². The van der Waals surface area contributed by atoms with Crippen LogP contribution in [0.2, 0.25) is 0 Å². The molecule has 0 unspecified atom stereocenters. The van der Waals surface area contributed by atoms with E-state index in [9.17, 15) is 9.59 Å². The Labute approximate surface area is 99.1 Å². The van der Waals surface area contributed by atoms with Crippen molar-refractivity contribution in [2.75, 3.05) is 5.88 Å². The lowest BCUT2D eigenvalue weighted by Crippen LogP contribution is -2.28. The monoisotopic (exact) mass is 243 g/mol. The van der Waals surface area contributed by atoms with Crippen molar-refractivity contribution in [2.24, 2.45) is 0 Å². The van der Waals surface area contributed by atoms with E-state index >= 15 is 0 Å². The van der Waals surface area contributed by atoms with Crippen LogP contribution in [0, 0.1) is 0 Å². The summed E-state index contributed by atoms with van der Waals surface area (Å²) in [5.74, 6) is -0.468. The van der Waals surface area contributed by atoms with Gasteiger partial charge in [0.1, 0.15) is 5.60 Å². The van der Waals surface area contributed by atoms with Gasteiger partial charge in [0.05, 0.1) is 11.6 Å². The van der Waals surface area contributed by atoms with Crippen molar-refractivity contribution in [3.63, 3.8) is 0 Å². The summed E-state index contributed by atoms with van der Waals surface area (Å²) in [4.78, 5) is 23.1. The summed E-state index contributed by atoms with van der Waals surface area (Å²) in [7, 11) is 0. The Hall–Kier alpha value is -1.29. The summed E-state index contributed by atoms with van der Waals surface area (Å²) in [5.41, 5.74) is -0.355. The predicted octanol–water partition coefficient (Wildman–Crippen LogP) is 2.69. The highest BCUT2D eigenvalue weighted by Gasteiger charge is 2.21. The first-order valence-electron chi connectivity index (χ1n) is 4.85. The molecular weight excluding hydrogens is 230 g/mol. The molecule has 4 nitrogen and oxygen atoms in total.